The standard InChI is InChI=1S/C10H15N3O4S/c1-10(9(14)15,7-3-4-7)12-18(16,17)8-5-11-13(2)6-8/h5-7,12H,3-4H2,1-2H3,(H,14,15). The lowest BCUT2D eigenvalue weighted by atomic mass is 9.98. The number of nitrogens with one attached hydrogen (secondary N) is 1. The second kappa shape index (κ2) is 4.06. The van der Waals surface area contributed by atoms with Gasteiger partial charge in [0.2, 0.25) is 10.0 Å². The van der Waals surface area contributed by atoms with E-state index in [9.17, 15) is 18.3 Å². The molecule has 1 atom stereocenters. The van der Waals surface area contributed by atoms with Crippen LogP contribution in [0, 0.1) is 5.92 Å². The lowest BCUT2D eigenvalue weighted by molar-refractivity contribution is -0.144. The molecule has 0 bridgehead atoms. The number of carboxylic acid groups (broad SMARTS) is 1. The van der Waals surface area contributed by atoms with Gasteiger partial charge in [-0.1, -0.05) is 0 Å². The van der Waals surface area contributed by atoms with E-state index in [0.717, 1.165) is 12.8 Å². The minimum atomic E-state index is -3.86. The van der Waals surface area contributed by atoms with Crippen molar-refractivity contribution < 1.29 is 18.3 Å². The predicted molar refractivity (Wildman–Crippen MR) is 62.3 cm³/mol. The summed E-state index contributed by atoms with van der Waals surface area (Å²) in [7, 11) is -2.27. The van der Waals surface area contributed by atoms with Gasteiger partial charge >= 0.3 is 5.97 Å². The summed E-state index contributed by atoms with van der Waals surface area (Å²) in [5.41, 5.74) is -1.45. The number of rotatable bonds is 5. The van der Waals surface area contributed by atoms with Crippen LogP contribution < -0.4 is 4.72 Å². The molecular formula is C10H15N3O4S. The molecular weight excluding hydrogens is 258 g/mol. The Hall–Kier alpha value is -1.41. The Morgan fingerprint density at radius 2 is 2.22 bits per heavy atom. The summed E-state index contributed by atoms with van der Waals surface area (Å²) in [6.07, 6.45) is 3.96. The Labute approximate surface area is 105 Å². The van der Waals surface area contributed by atoms with E-state index in [1.165, 1.54) is 24.0 Å². The van der Waals surface area contributed by atoms with Gasteiger partial charge in [0.15, 0.2) is 0 Å². The molecule has 2 N–H and O–H groups in total. The molecule has 0 spiro atoms. The molecule has 18 heavy (non-hydrogen) atoms. The number of hydrogen-bond donors (Lipinski definition) is 2. The predicted octanol–water partition coefficient (Wildman–Crippen LogP) is -0.0483. The molecule has 0 aromatic carbocycles. The molecule has 7 nitrogen and oxygen atoms in total. The normalized spacial score (nSPS) is 19.4. The zero-order valence-corrected chi connectivity index (χ0v) is 10.9. The number of carbonyl (C=O) groups is 1. The highest BCUT2D eigenvalue weighted by Crippen LogP contribution is 2.40. The van der Waals surface area contributed by atoms with Crippen LogP contribution in [-0.2, 0) is 21.9 Å². The Bertz CT molecular complexity index is 576. The van der Waals surface area contributed by atoms with E-state index < -0.39 is 21.5 Å². The van der Waals surface area contributed by atoms with Gasteiger partial charge in [0.05, 0.1) is 6.20 Å². The maximum atomic E-state index is 12.1. The SMILES string of the molecule is Cn1cc(S(=O)(=O)NC(C)(C(=O)O)C2CC2)cn1. The molecule has 1 heterocycles. The van der Waals surface area contributed by atoms with Crippen molar-refractivity contribution in [2.75, 3.05) is 0 Å². The van der Waals surface area contributed by atoms with Gasteiger partial charge in [-0.3, -0.25) is 9.48 Å². The largest absolute Gasteiger partial charge is 0.480 e. The van der Waals surface area contributed by atoms with Crippen molar-refractivity contribution in [1.29, 1.82) is 0 Å². The lowest BCUT2D eigenvalue weighted by Gasteiger charge is -2.25. The van der Waals surface area contributed by atoms with Crippen LogP contribution in [0.1, 0.15) is 19.8 Å². The quantitative estimate of drug-likeness (QED) is 0.783. The van der Waals surface area contributed by atoms with Crippen molar-refractivity contribution in [3.8, 4) is 0 Å². The summed E-state index contributed by atoms with van der Waals surface area (Å²) < 4.78 is 27.8. The van der Waals surface area contributed by atoms with E-state index in [-0.39, 0.29) is 10.8 Å². The smallest absolute Gasteiger partial charge is 0.324 e. The second-order valence-electron chi connectivity index (χ2n) is 4.74. The zero-order chi connectivity index (χ0) is 13.6. The summed E-state index contributed by atoms with van der Waals surface area (Å²) in [5.74, 6) is -1.31. The topological polar surface area (TPSA) is 101 Å². The van der Waals surface area contributed by atoms with E-state index >= 15 is 0 Å². The third kappa shape index (κ3) is 2.25. The third-order valence-electron chi connectivity index (χ3n) is 3.18. The van der Waals surface area contributed by atoms with E-state index in [1.54, 1.807) is 7.05 Å². The summed E-state index contributed by atoms with van der Waals surface area (Å²) in [6, 6.07) is 0. The fraction of sp³-hybridized carbons (Fsp3) is 0.600. The zero-order valence-electron chi connectivity index (χ0n) is 10.1. The van der Waals surface area contributed by atoms with Crippen LogP contribution in [0.3, 0.4) is 0 Å². The van der Waals surface area contributed by atoms with Crippen LogP contribution in [0.4, 0.5) is 0 Å². The minimum Gasteiger partial charge on any atom is -0.480 e. The Morgan fingerprint density at radius 3 is 2.61 bits per heavy atom. The summed E-state index contributed by atoms with van der Waals surface area (Å²) >= 11 is 0. The van der Waals surface area contributed by atoms with Crippen LogP contribution in [0.2, 0.25) is 0 Å². The fourth-order valence-electron chi connectivity index (χ4n) is 1.84. The van der Waals surface area contributed by atoms with Gasteiger partial charge < -0.3 is 5.11 Å². The average molecular weight is 273 g/mol. The first-order chi connectivity index (χ1) is 8.25. The first kappa shape index (κ1) is 13.0. The van der Waals surface area contributed by atoms with Crippen LogP contribution in [0.5, 0.6) is 0 Å². The second-order valence-corrected chi connectivity index (χ2v) is 6.42. The van der Waals surface area contributed by atoms with Gasteiger partial charge in [-0.05, 0) is 25.7 Å². The first-order valence-corrected chi connectivity index (χ1v) is 7.00. The highest BCUT2D eigenvalue weighted by atomic mass is 32.2. The van der Waals surface area contributed by atoms with E-state index in [1.807, 2.05) is 0 Å². The molecule has 0 saturated heterocycles. The maximum absolute atomic E-state index is 12.1. The number of hydrogen-bond acceptors (Lipinski definition) is 4. The number of aromatic nitrogens is 2. The van der Waals surface area contributed by atoms with Crippen molar-refractivity contribution >= 4 is 16.0 Å². The molecule has 1 aliphatic rings. The number of sulfonamides is 1. The number of carboxylic acids is 1. The Balaban J connectivity index is 2.29. The minimum absolute atomic E-state index is 0.0295. The van der Waals surface area contributed by atoms with Gasteiger partial charge in [0.25, 0.3) is 0 Å². The van der Waals surface area contributed by atoms with Gasteiger partial charge in [0, 0.05) is 13.2 Å². The molecule has 1 unspecified atom stereocenters. The fourth-order valence-corrected chi connectivity index (χ4v) is 3.25. The van der Waals surface area contributed by atoms with Crippen LogP contribution in [-0.4, -0.2) is 34.8 Å². The van der Waals surface area contributed by atoms with Crippen molar-refractivity contribution in [2.45, 2.75) is 30.2 Å². The molecule has 2 rings (SSSR count). The molecule has 0 aliphatic heterocycles. The number of aliphatic carboxylic acids is 1. The van der Waals surface area contributed by atoms with E-state index in [4.69, 9.17) is 0 Å². The summed E-state index contributed by atoms with van der Waals surface area (Å²) in [4.78, 5) is 11.2. The third-order valence-corrected chi connectivity index (χ3v) is 4.70. The molecule has 1 saturated carbocycles. The average Bonchev–Trinajstić information content (AvgIpc) is 3.01. The van der Waals surface area contributed by atoms with Gasteiger partial charge in [-0.25, -0.2) is 8.42 Å². The van der Waals surface area contributed by atoms with E-state index in [2.05, 4.69) is 9.82 Å². The molecule has 1 aromatic rings. The summed E-state index contributed by atoms with van der Waals surface area (Å²) in [5, 5.41) is 13.0. The van der Waals surface area contributed by atoms with Crippen molar-refractivity contribution in [3.05, 3.63) is 12.4 Å². The highest BCUT2D eigenvalue weighted by Gasteiger charge is 2.50. The van der Waals surface area contributed by atoms with Crippen LogP contribution in [0.15, 0.2) is 17.3 Å². The van der Waals surface area contributed by atoms with Crippen molar-refractivity contribution in [3.63, 3.8) is 0 Å². The van der Waals surface area contributed by atoms with Crippen LogP contribution in [0.25, 0.3) is 0 Å². The number of nitrogens with zero attached hydrogens (tertiary/aromatic N) is 2. The summed E-state index contributed by atoms with van der Waals surface area (Å²) in [6.45, 7) is 1.40. The maximum Gasteiger partial charge on any atom is 0.324 e. The van der Waals surface area contributed by atoms with Gasteiger partial charge in [-0.2, -0.15) is 9.82 Å². The highest BCUT2D eigenvalue weighted by molar-refractivity contribution is 7.89. The van der Waals surface area contributed by atoms with Crippen LogP contribution >= 0.6 is 0 Å². The molecule has 0 amide bonds. The lowest BCUT2D eigenvalue weighted by Crippen LogP contribution is -2.53. The van der Waals surface area contributed by atoms with Crippen molar-refractivity contribution in [2.24, 2.45) is 13.0 Å². The Kier molecular flexibility index (Phi) is 2.94. The molecule has 0 radical (unpaired) electrons. The van der Waals surface area contributed by atoms with Gasteiger partial charge in [-0.15, -0.1) is 0 Å². The molecule has 8 heteroatoms. The van der Waals surface area contributed by atoms with E-state index in [0.29, 0.717) is 0 Å². The van der Waals surface area contributed by atoms with Crippen molar-refractivity contribution in [1.82, 2.24) is 14.5 Å². The first-order valence-electron chi connectivity index (χ1n) is 5.52. The molecule has 1 aromatic heterocycles. The molecule has 100 valence electrons. The molecule has 1 aliphatic carbocycles. The molecule has 1 fully saturated rings. The number of aryl methyl sites for hydroxylation is 1. The monoisotopic (exact) mass is 273 g/mol. The Morgan fingerprint density at radius 1 is 1.61 bits per heavy atom. The van der Waals surface area contributed by atoms with Gasteiger partial charge in [0.1, 0.15) is 10.4 Å².